The number of carbonyl (C=O) groups excluding carboxylic acids is 2. The first-order valence-corrected chi connectivity index (χ1v) is 5.12. The predicted molar refractivity (Wildman–Crippen MR) is 60.6 cm³/mol. The standard InChI is InChI=1S/C11H10FN3O3/c1-6-2-7(10(17)8(12)3-6)4-13-15-5-9(16)14-11(15)18/h2-4,17H,5H2,1H3,(H,14,16,18)/b13-4+. The molecule has 0 radical (unpaired) electrons. The van der Waals surface area contributed by atoms with Gasteiger partial charge in [0.05, 0.1) is 6.21 Å². The van der Waals surface area contributed by atoms with Crippen molar-refractivity contribution in [2.24, 2.45) is 5.10 Å². The van der Waals surface area contributed by atoms with E-state index in [0.717, 1.165) is 11.2 Å². The summed E-state index contributed by atoms with van der Waals surface area (Å²) < 4.78 is 13.2. The maximum atomic E-state index is 13.2. The van der Waals surface area contributed by atoms with Gasteiger partial charge in [-0.05, 0) is 24.6 Å². The Morgan fingerprint density at radius 2 is 2.22 bits per heavy atom. The van der Waals surface area contributed by atoms with Gasteiger partial charge in [0.1, 0.15) is 6.54 Å². The number of phenolic OH excluding ortho intramolecular Hbond substituents is 1. The molecule has 2 N–H and O–H groups in total. The van der Waals surface area contributed by atoms with E-state index in [-0.39, 0.29) is 12.1 Å². The summed E-state index contributed by atoms with van der Waals surface area (Å²) in [7, 11) is 0. The Kier molecular flexibility index (Phi) is 2.97. The fourth-order valence-electron chi connectivity index (χ4n) is 1.52. The van der Waals surface area contributed by atoms with Gasteiger partial charge in [-0.15, -0.1) is 0 Å². The molecule has 0 bridgehead atoms. The highest BCUT2D eigenvalue weighted by Gasteiger charge is 2.26. The fraction of sp³-hybridized carbons (Fsp3) is 0.182. The minimum absolute atomic E-state index is 0.139. The van der Waals surface area contributed by atoms with Crippen molar-refractivity contribution < 1.29 is 19.1 Å². The van der Waals surface area contributed by atoms with Gasteiger partial charge in [0.25, 0.3) is 0 Å². The second kappa shape index (κ2) is 4.44. The Morgan fingerprint density at radius 1 is 1.50 bits per heavy atom. The van der Waals surface area contributed by atoms with Gasteiger partial charge in [-0.3, -0.25) is 10.1 Å². The first kappa shape index (κ1) is 12.0. The molecule has 0 saturated carbocycles. The molecule has 18 heavy (non-hydrogen) atoms. The van der Waals surface area contributed by atoms with Crippen LogP contribution in [0, 0.1) is 12.7 Å². The van der Waals surface area contributed by atoms with Crippen molar-refractivity contribution in [3.63, 3.8) is 0 Å². The molecule has 94 valence electrons. The molecular weight excluding hydrogens is 241 g/mol. The number of hydrogen-bond donors (Lipinski definition) is 2. The number of aromatic hydroxyl groups is 1. The maximum Gasteiger partial charge on any atom is 0.344 e. The number of amides is 3. The van der Waals surface area contributed by atoms with Crippen LogP contribution in [0.2, 0.25) is 0 Å². The lowest BCUT2D eigenvalue weighted by molar-refractivity contribution is -0.118. The van der Waals surface area contributed by atoms with Crippen LogP contribution < -0.4 is 5.32 Å². The van der Waals surface area contributed by atoms with E-state index in [1.807, 2.05) is 5.32 Å². The lowest BCUT2D eigenvalue weighted by Gasteiger charge is -2.06. The van der Waals surface area contributed by atoms with Crippen LogP contribution in [0.3, 0.4) is 0 Å². The minimum Gasteiger partial charge on any atom is -0.504 e. The number of rotatable bonds is 2. The SMILES string of the molecule is Cc1cc(F)c(O)c(/C=N/N2CC(=O)NC2=O)c1. The van der Waals surface area contributed by atoms with Crippen LogP contribution in [0.15, 0.2) is 17.2 Å². The van der Waals surface area contributed by atoms with Gasteiger partial charge < -0.3 is 5.11 Å². The Hall–Kier alpha value is -2.44. The van der Waals surface area contributed by atoms with Crippen LogP contribution in [0.25, 0.3) is 0 Å². The zero-order valence-corrected chi connectivity index (χ0v) is 9.48. The molecule has 1 saturated heterocycles. The Balaban J connectivity index is 2.24. The average molecular weight is 251 g/mol. The predicted octanol–water partition coefficient (Wildman–Crippen LogP) is 0.725. The molecule has 0 aliphatic carbocycles. The van der Waals surface area contributed by atoms with Crippen molar-refractivity contribution in [1.82, 2.24) is 10.3 Å². The number of benzene rings is 1. The summed E-state index contributed by atoms with van der Waals surface area (Å²) in [5.74, 6) is -1.77. The highest BCUT2D eigenvalue weighted by Crippen LogP contribution is 2.21. The number of nitrogens with one attached hydrogen (secondary N) is 1. The highest BCUT2D eigenvalue weighted by molar-refractivity contribution is 6.02. The van der Waals surface area contributed by atoms with Crippen molar-refractivity contribution in [3.8, 4) is 5.75 Å². The molecule has 1 aliphatic rings. The summed E-state index contributed by atoms with van der Waals surface area (Å²) in [6.45, 7) is 1.47. The van der Waals surface area contributed by atoms with E-state index in [4.69, 9.17) is 0 Å². The van der Waals surface area contributed by atoms with Crippen LogP contribution in [0.5, 0.6) is 5.75 Å². The minimum atomic E-state index is -0.765. The van der Waals surface area contributed by atoms with Gasteiger partial charge in [-0.1, -0.05) is 0 Å². The van der Waals surface area contributed by atoms with Gasteiger partial charge >= 0.3 is 6.03 Å². The summed E-state index contributed by atoms with van der Waals surface area (Å²) in [4.78, 5) is 22.1. The largest absolute Gasteiger partial charge is 0.504 e. The smallest absolute Gasteiger partial charge is 0.344 e. The topological polar surface area (TPSA) is 82.0 Å². The summed E-state index contributed by atoms with van der Waals surface area (Å²) in [6.07, 6.45) is 1.13. The number of hydrogen-bond acceptors (Lipinski definition) is 4. The number of aryl methyl sites for hydroxylation is 1. The van der Waals surface area contributed by atoms with Crippen LogP contribution >= 0.6 is 0 Å². The van der Waals surface area contributed by atoms with E-state index in [9.17, 15) is 19.1 Å². The molecule has 7 heteroatoms. The van der Waals surface area contributed by atoms with Gasteiger partial charge in [-0.25, -0.2) is 14.2 Å². The van der Waals surface area contributed by atoms with Crippen molar-refractivity contribution >= 4 is 18.2 Å². The Bertz CT molecular complexity index is 557. The summed E-state index contributed by atoms with van der Waals surface area (Å²) in [6, 6.07) is 2.04. The molecule has 0 spiro atoms. The van der Waals surface area contributed by atoms with Gasteiger partial charge in [0.15, 0.2) is 11.6 Å². The maximum absolute atomic E-state index is 13.2. The van der Waals surface area contributed by atoms with E-state index in [0.29, 0.717) is 5.56 Å². The molecule has 1 heterocycles. The third kappa shape index (κ3) is 2.29. The molecule has 0 atom stereocenters. The van der Waals surface area contributed by atoms with Gasteiger partial charge in [0.2, 0.25) is 5.91 Å². The highest BCUT2D eigenvalue weighted by atomic mass is 19.1. The molecule has 0 aromatic heterocycles. The molecular formula is C11H10FN3O3. The Morgan fingerprint density at radius 3 is 2.83 bits per heavy atom. The van der Waals surface area contributed by atoms with Gasteiger partial charge in [-0.2, -0.15) is 5.10 Å². The van der Waals surface area contributed by atoms with E-state index in [2.05, 4.69) is 5.10 Å². The number of nitrogens with zero attached hydrogens (tertiary/aromatic N) is 2. The summed E-state index contributed by atoms with van der Waals surface area (Å²) in [5, 5.41) is 16.1. The number of hydrazone groups is 1. The monoisotopic (exact) mass is 251 g/mol. The number of carbonyl (C=O) groups is 2. The van der Waals surface area contributed by atoms with Crippen molar-refractivity contribution in [2.45, 2.75) is 6.92 Å². The molecule has 2 rings (SSSR count). The third-order valence-corrected chi connectivity index (χ3v) is 2.35. The third-order valence-electron chi connectivity index (χ3n) is 2.35. The second-order valence-corrected chi connectivity index (χ2v) is 3.84. The lowest BCUT2D eigenvalue weighted by atomic mass is 10.1. The zero-order valence-electron chi connectivity index (χ0n) is 9.48. The number of halogens is 1. The molecule has 0 unspecified atom stereocenters. The van der Waals surface area contributed by atoms with Crippen molar-refractivity contribution in [1.29, 1.82) is 0 Å². The fourth-order valence-corrected chi connectivity index (χ4v) is 1.52. The zero-order chi connectivity index (χ0) is 13.3. The molecule has 1 aromatic rings. The average Bonchev–Trinajstić information content (AvgIpc) is 2.60. The number of imide groups is 1. The molecule has 6 nitrogen and oxygen atoms in total. The lowest BCUT2D eigenvalue weighted by Crippen LogP contribution is -2.24. The van der Waals surface area contributed by atoms with Crippen LogP contribution in [0.1, 0.15) is 11.1 Å². The molecule has 1 fully saturated rings. The Labute approximate surface area is 102 Å². The van der Waals surface area contributed by atoms with Gasteiger partial charge in [0, 0.05) is 5.56 Å². The quantitative estimate of drug-likeness (QED) is 0.600. The van der Waals surface area contributed by atoms with Crippen LogP contribution in [-0.4, -0.2) is 34.8 Å². The van der Waals surface area contributed by atoms with Crippen LogP contribution in [-0.2, 0) is 4.79 Å². The summed E-state index contributed by atoms with van der Waals surface area (Å²) in [5.41, 5.74) is 0.744. The van der Waals surface area contributed by atoms with Crippen molar-refractivity contribution in [3.05, 3.63) is 29.1 Å². The molecule has 3 amide bonds. The molecule has 1 aliphatic heterocycles. The van der Waals surface area contributed by atoms with Crippen LogP contribution in [0.4, 0.5) is 9.18 Å². The van der Waals surface area contributed by atoms with E-state index < -0.39 is 23.5 Å². The first-order valence-electron chi connectivity index (χ1n) is 5.12. The molecule has 1 aromatic carbocycles. The number of urea groups is 1. The summed E-state index contributed by atoms with van der Waals surface area (Å²) >= 11 is 0. The number of phenols is 1. The van der Waals surface area contributed by atoms with E-state index in [1.54, 1.807) is 6.92 Å². The second-order valence-electron chi connectivity index (χ2n) is 3.84. The van der Waals surface area contributed by atoms with E-state index in [1.165, 1.54) is 12.1 Å². The van der Waals surface area contributed by atoms with Crippen molar-refractivity contribution in [2.75, 3.05) is 6.54 Å². The normalized spacial score (nSPS) is 15.6. The first-order chi connectivity index (χ1) is 8.47. The van der Waals surface area contributed by atoms with E-state index >= 15 is 0 Å².